The van der Waals surface area contributed by atoms with Gasteiger partial charge in [0.05, 0.1) is 5.56 Å². The second kappa shape index (κ2) is 7.79. The van der Waals surface area contributed by atoms with E-state index in [2.05, 4.69) is 4.98 Å². The van der Waals surface area contributed by atoms with Gasteiger partial charge in [0, 0.05) is 30.9 Å². The van der Waals surface area contributed by atoms with Crippen molar-refractivity contribution in [3.05, 3.63) is 65.5 Å². The van der Waals surface area contributed by atoms with Gasteiger partial charge < -0.3 is 15.4 Å². The Morgan fingerprint density at radius 1 is 1.12 bits per heavy atom. The van der Waals surface area contributed by atoms with Gasteiger partial charge in [-0.1, -0.05) is 30.3 Å². The van der Waals surface area contributed by atoms with Crippen molar-refractivity contribution < 1.29 is 14.3 Å². The lowest BCUT2D eigenvalue weighted by atomic mass is 9.93. The largest absolute Gasteiger partial charge is 0.445 e. The molecular formula is C19H21N3O3. The number of aromatic nitrogens is 1. The van der Waals surface area contributed by atoms with Crippen molar-refractivity contribution in [3.63, 3.8) is 0 Å². The van der Waals surface area contributed by atoms with E-state index in [0.29, 0.717) is 18.7 Å². The molecule has 6 heteroatoms. The van der Waals surface area contributed by atoms with Gasteiger partial charge in [0.15, 0.2) is 0 Å². The van der Waals surface area contributed by atoms with E-state index >= 15 is 0 Å². The summed E-state index contributed by atoms with van der Waals surface area (Å²) in [5, 5.41) is 0. The number of amides is 2. The first-order valence-corrected chi connectivity index (χ1v) is 8.35. The molecule has 0 radical (unpaired) electrons. The fourth-order valence-electron chi connectivity index (χ4n) is 2.96. The lowest BCUT2D eigenvalue weighted by Gasteiger charge is -2.31. The van der Waals surface area contributed by atoms with E-state index in [0.717, 1.165) is 24.1 Å². The maximum Gasteiger partial charge on any atom is 0.410 e. The molecule has 6 nitrogen and oxygen atoms in total. The van der Waals surface area contributed by atoms with Gasteiger partial charge >= 0.3 is 6.09 Å². The van der Waals surface area contributed by atoms with Gasteiger partial charge in [0.2, 0.25) is 5.91 Å². The number of primary amides is 1. The number of ether oxygens (including phenoxy) is 1. The molecule has 0 unspecified atom stereocenters. The highest BCUT2D eigenvalue weighted by Crippen LogP contribution is 2.27. The zero-order valence-electron chi connectivity index (χ0n) is 13.9. The van der Waals surface area contributed by atoms with Gasteiger partial charge in [-0.15, -0.1) is 0 Å². The van der Waals surface area contributed by atoms with Crippen LogP contribution >= 0.6 is 0 Å². The molecule has 1 saturated heterocycles. The molecule has 1 fully saturated rings. The van der Waals surface area contributed by atoms with Crippen molar-refractivity contribution >= 4 is 12.0 Å². The quantitative estimate of drug-likeness (QED) is 0.928. The predicted molar refractivity (Wildman–Crippen MR) is 92.9 cm³/mol. The summed E-state index contributed by atoms with van der Waals surface area (Å²) in [4.78, 5) is 29.3. The lowest BCUT2D eigenvalue weighted by molar-refractivity contribution is 0.0867. The van der Waals surface area contributed by atoms with E-state index in [1.165, 1.54) is 6.20 Å². The summed E-state index contributed by atoms with van der Waals surface area (Å²) in [5.74, 6) is -0.199. The van der Waals surface area contributed by atoms with Crippen LogP contribution in [0.1, 0.15) is 40.4 Å². The zero-order valence-corrected chi connectivity index (χ0v) is 13.9. The summed E-state index contributed by atoms with van der Waals surface area (Å²) in [6.07, 6.45) is 2.88. The number of hydrogen-bond acceptors (Lipinski definition) is 4. The first-order chi connectivity index (χ1) is 12.1. The third-order valence-electron chi connectivity index (χ3n) is 4.45. The Hall–Kier alpha value is -2.89. The highest BCUT2D eigenvalue weighted by Gasteiger charge is 2.25. The van der Waals surface area contributed by atoms with Gasteiger partial charge in [0.25, 0.3) is 0 Å². The van der Waals surface area contributed by atoms with Crippen molar-refractivity contribution in [1.29, 1.82) is 0 Å². The number of likely N-dealkylation sites (tertiary alicyclic amines) is 1. The molecule has 2 N–H and O–H groups in total. The minimum Gasteiger partial charge on any atom is -0.445 e. The van der Waals surface area contributed by atoms with E-state index in [4.69, 9.17) is 10.5 Å². The number of carbonyl (C=O) groups is 2. The van der Waals surface area contributed by atoms with Crippen molar-refractivity contribution in [2.24, 2.45) is 5.73 Å². The lowest BCUT2D eigenvalue weighted by Crippen LogP contribution is -2.38. The molecule has 130 valence electrons. The average Bonchev–Trinajstić information content (AvgIpc) is 2.67. The second-order valence-electron chi connectivity index (χ2n) is 6.14. The topological polar surface area (TPSA) is 85.5 Å². The molecule has 0 bridgehead atoms. The number of pyridine rings is 1. The van der Waals surface area contributed by atoms with Gasteiger partial charge in [-0.2, -0.15) is 0 Å². The maximum absolute atomic E-state index is 12.2. The van der Waals surface area contributed by atoms with E-state index in [9.17, 15) is 9.59 Å². The Morgan fingerprint density at radius 2 is 1.84 bits per heavy atom. The van der Waals surface area contributed by atoms with Crippen LogP contribution in [0.2, 0.25) is 0 Å². The molecule has 0 aliphatic carbocycles. The fraction of sp³-hybridized carbons (Fsp3) is 0.316. The molecular weight excluding hydrogens is 318 g/mol. The summed E-state index contributed by atoms with van der Waals surface area (Å²) in [5.41, 5.74) is 7.54. The van der Waals surface area contributed by atoms with E-state index in [1.807, 2.05) is 36.4 Å². The Kier molecular flexibility index (Phi) is 5.28. The number of carbonyl (C=O) groups excluding carboxylic acids is 2. The highest BCUT2D eigenvalue weighted by molar-refractivity contribution is 5.92. The van der Waals surface area contributed by atoms with Crippen molar-refractivity contribution in [2.75, 3.05) is 13.1 Å². The predicted octanol–water partition coefficient (Wildman–Crippen LogP) is 2.70. The molecule has 0 atom stereocenters. The van der Waals surface area contributed by atoms with Gasteiger partial charge in [-0.05, 0) is 30.5 Å². The summed E-state index contributed by atoms with van der Waals surface area (Å²) in [6.45, 7) is 1.56. The van der Waals surface area contributed by atoms with E-state index in [1.54, 1.807) is 11.0 Å². The minimum atomic E-state index is -0.477. The Balaban J connectivity index is 1.49. The van der Waals surface area contributed by atoms with Gasteiger partial charge in [-0.3, -0.25) is 9.78 Å². The Bertz CT molecular complexity index is 723. The van der Waals surface area contributed by atoms with Crippen molar-refractivity contribution in [3.8, 4) is 0 Å². The van der Waals surface area contributed by atoms with Crippen LogP contribution in [0.25, 0.3) is 0 Å². The molecule has 1 aliphatic heterocycles. The van der Waals surface area contributed by atoms with Gasteiger partial charge in [0.1, 0.15) is 6.61 Å². The van der Waals surface area contributed by atoms with Crippen molar-refractivity contribution in [2.45, 2.75) is 25.4 Å². The first-order valence-electron chi connectivity index (χ1n) is 8.35. The van der Waals surface area contributed by atoms with Crippen LogP contribution in [0.15, 0.2) is 48.7 Å². The second-order valence-corrected chi connectivity index (χ2v) is 6.14. The molecule has 0 saturated carbocycles. The number of nitrogens with two attached hydrogens (primary N) is 1. The summed E-state index contributed by atoms with van der Waals surface area (Å²) < 4.78 is 5.37. The van der Waals surface area contributed by atoms with Crippen LogP contribution in [0.3, 0.4) is 0 Å². The number of rotatable bonds is 4. The summed E-state index contributed by atoms with van der Waals surface area (Å²) >= 11 is 0. The summed E-state index contributed by atoms with van der Waals surface area (Å²) in [7, 11) is 0. The van der Waals surface area contributed by atoms with Crippen LogP contribution in [0.5, 0.6) is 0 Å². The fourth-order valence-corrected chi connectivity index (χ4v) is 2.96. The standard InChI is InChI=1S/C19H21N3O3/c20-18(23)16-6-7-17(21-12-16)15-8-10-22(11-9-15)19(24)25-13-14-4-2-1-3-5-14/h1-7,12,15H,8-11,13H2,(H2,20,23). The molecule has 1 aromatic heterocycles. The van der Waals surface area contributed by atoms with Crippen LogP contribution in [-0.2, 0) is 11.3 Å². The summed E-state index contributed by atoms with van der Waals surface area (Å²) in [6, 6.07) is 13.2. The molecule has 0 spiro atoms. The van der Waals surface area contributed by atoms with Gasteiger partial charge in [-0.25, -0.2) is 4.79 Å². The molecule has 3 rings (SSSR count). The smallest absolute Gasteiger partial charge is 0.410 e. The molecule has 2 aromatic rings. The molecule has 1 aromatic carbocycles. The van der Waals surface area contributed by atoms with E-state index in [-0.39, 0.29) is 18.6 Å². The minimum absolute atomic E-state index is 0.278. The number of nitrogens with zero attached hydrogens (tertiary/aromatic N) is 2. The maximum atomic E-state index is 12.2. The molecule has 25 heavy (non-hydrogen) atoms. The van der Waals surface area contributed by atoms with Crippen LogP contribution in [0, 0.1) is 0 Å². The Labute approximate surface area is 146 Å². The number of hydrogen-bond donors (Lipinski definition) is 1. The molecule has 2 amide bonds. The highest BCUT2D eigenvalue weighted by atomic mass is 16.6. The molecule has 1 aliphatic rings. The SMILES string of the molecule is NC(=O)c1ccc(C2CCN(C(=O)OCc3ccccc3)CC2)nc1. The Morgan fingerprint density at radius 3 is 2.44 bits per heavy atom. The third-order valence-corrected chi connectivity index (χ3v) is 4.45. The van der Waals surface area contributed by atoms with Crippen LogP contribution < -0.4 is 5.73 Å². The number of benzene rings is 1. The zero-order chi connectivity index (χ0) is 17.6. The average molecular weight is 339 g/mol. The van der Waals surface area contributed by atoms with Crippen LogP contribution in [0.4, 0.5) is 4.79 Å². The number of piperidine rings is 1. The third kappa shape index (κ3) is 4.35. The normalized spacial score (nSPS) is 15.0. The van der Waals surface area contributed by atoms with Crippen LogP contribution in [-0.4, -0.2) is 35.0 Å². The van der Waals surface area contributed by atoms with Crippen molar-refractivity contribution in [1.82, 2.24) is 9.88 Å². The molecule has 2 heterocycles. The first kappa shape index (κ1) is 17.0. The monoisotopic (exact) mass is 339 g/mol. The van der Waals surface area contributed by atoms with E-state index < -0.39 is 5.91 Å².